The number of fused-ring (bicyclic) bond motifs is 2. The standard InChI is InChI=1S/C21H14N2O5/c1-11(24)22-17-9-12-4-2-3-5-13(12)10-18(17)23-19(25)15-7-6-14(21(27)28)8-16(15)20(23)26/h2-10H,1H3,(H,22,24)(H,27,28)/p-1. The second-order valence-corrected chi connectivity index (χ2v) is 6.39. The highest BCUT2D eigenvalue weighted by Gasteiger charge is 2.38. The summed E-state index contributed by atoms with van der Waals surface area (Å²) in [7, 11) is 0. The predicted molar refractivity (Wildman–Crippen MR) is 100 cm³/mol. The van der Waals surface area contributed by atoms with Crippen molar-refractivity contribution in [1.82, 2.24) is 0 Å². The number of benzene rings is 3. The van der Waals surface area contributed by atoms with Crippen LogP contribution >= 0.6 is 0 Å². The van der Waals surface area contributed by atoms with Crippen molar-refractivity contribution in [1.29, 1.82) is 0 Å². The zero-order valence-corrected chi connectivity index (χ0v) is 14.7. The first-order chi connectivity index (χ1) is 13.4. The van der Waals surface area contributed by atoms with Crippen molar-refractivity contribution >= 4 is 45.8 Å². The molecule has 3 aromatic rings. The number of rotatable bonds is 3. The lowest BCUT2D eigenvalue weighted by atomic mass is 10.1. The number of carbonyl (C=O) groups excluding carboxylic acids is 4. The molecule has 0 saturated carbocycles. The predicted octanol–water partition coefficient (Wildman–Crippen LogP) is 1.96. The van der Waals surface area contributed by atoms with Gasteiger partial charge in [-0.25, -0.2) is 4.90 Å². The van der Waals surface area contributed by atoms with Gasteiger partial charge in [0, 0.05) is 6.92 Å². The molecule has 1 aliphatic rings. The number of hydrogen-bond acceptors (Lipinski definition) is 5. The topological polar surface area (TPSA) is 107 Å². The number of carboxylic acid groups (broad SMARTS) is 1. The molecule has 4 rings (SSSR count). The molecule has 138 valence electrons. The van der Waals surface area contributed by atoms with Crippen LogP contribution in [-0.2, 0) is 4.79 Å². The maximum absolute atomic E-state index is 12.9. The lowest BCUT2D eigenvalue weighted by Gasteiger charge is -2.19. The van der Waals surface area contributed by atoms with Crippen molar-refractivity contribution < 1.29 is 24.3 Å². The van der Waals surface area contributed by atoms with E-state index in [-0.39, 0.29) is 28.3 Å². The van der Waals surface area contributed by atoms with E-state index in [0.717, 1.165) is 21.7 Å². The molecule has 0 aliphatic carbocycles. The summed E-state index contributed by atoms with van der Waals surface area (Å²) >= 11 is 0. The molecule has 0 saturated heterocycles. The van der Waals surface area contributed by atoms with Crippen molar-refractivity contribution in [3.05, 3.63) is 71.3 Å². The minimum atomic E-state index is -1.44. The van der Waals surface area contributed by atoms with E-state index in [1.54, 1.807) is 12.1 Å². The molecule has 1 heterocycles. The average molecular weight is 373 g/mol. The van der Waals surface area contributed by atoms with Crippen LogP contribution in [0.25, 0.3) is 10.8 Å². The second kappa shape index (κ2) is 6.31. The van der Waals surface area contributed by atoms with Crippen molar-refractivity contribution in [2.24, 2.45) is 0 Å². The average Bonchev–Trinajstić information content (AvgIpc) is 2.91. The number of hydrogen-bond donors (Lipinski definition) is 1. The summed E-state index contributed by atoms with van der Waals surface area (Å²) in [5.74, 6) is -3.05. The summed E-state index contributed by atoms with van der Waals surface area (Å²) in [6.07, 6.45) is 0. The number of imide groups is 1. The van der Waals surface area contributed by atoms with E-state index in [9.17, 15) is 24.3 Å². The molecule has 7 heteroatoms. The monoisotopic (exact) mass is 373 g/mol. The van der Waals surface area contributed by atoms with Gasteiger partial charge in [0.25, 0.3) is 11.8 Å². The Morgan fingerprint density at radius 1 is 0.893 bits per heavy atom. The number of nitrogens with one attached hydrogen (secondary N) is 1. The lowest BCUT2D eigenvalue weighted by Crippen LogP contribution is -2.30. The first kappa shape index (κ1) is 17.4. The Labute approximate surface area is 159 Å². The van der Waals surface area contributed by atoms with Crippen LogP contribution in [0.3, 0.4) is 0 Å². The summed E-state index contributed by atoms with van der Waals surface area (Å²) in [6, 6.07) is 14.3. The molecule has 0 spiro atoms. The smallest absolute Gasteiger partial charge is 0.266 e. The van der Waals surface area contributed by atoms with Gasteiger partial charge in [0.2, 0.25) is 5.91 Å². The minimum Gasteiger partial charge on any atom is -0.545 e. The van der Waals surface area contributed by atoms with Crippen LogP contribution in [0.5, 0.6) is 0 Å². The van der Waals surface area contributed by atoms with Gasteiger partial charge < -0.3 is 15.2 Å². The molecule has 0 unspecified atom stereocenters. The van der Waals surface area contributed by atoms with Crippen molar-refractivity contribution in [2.45, 2.75) is 6.92 Å². The van der Waals surface area contributed by atoms with Gasteiger partial charge in [0.1, 0.15) is 0 Å². The van der Waals surface area contributed by atoms with E-state index in [0.29, 0.717) is 5.69 Å². The summed E-state index contributed by atoms with van der Waals surface area (Å²) in [5.41, 5.74) is 0.406. The van der Waals surface area contributed by atoms with Gasteiger partial charge in [0.15, 0.2) is 0 Å². The molecule has 28 heavy (non-hydrogen) atoms. The second-order valence-electron chi connectivity index (χ2n) is 6.39. The molecule has 0 atom stereocenters. The molecule has 1 aliphatic heterocycles. The molecule has 7 nitrogen and oxygen atoms in total. The molecule has 0 bridgehead atoms. The highest BCUT2D eigenvalue weighted by atomic mass is 16.4. The summed E-state index contributed by atoms with van der Waals surface area (Å²) in [6.45, 7) is 1.33. The Morgan fingerprint density at radius 3 is 2.18 bits per heavy atom. The lowest BCUT2D eigenvalue weighted by molar-refractivity contribution is -0.255. The van der Waals surface area contributed by atoms with Gasteiger partial charge in [-0.15, -0.1) is 0 Å². The van der Waals surface area contributed by atoms with Gasteiger partial charge in [-0.1, -0.05) is 30.3 Å². The third-order valence-corrected chi connectivity index (χ3v) is 4.54. The number of amides is 3. The number of anilines is 2. The zero-order valence-electron chi connectivity index (χ0n) is 14.7. The molecule has 3 aromatic carbocycles. The number of carboxylic acids is 1. The van der Waals surface area contributed by atoms with Crippen LogP contribution in [0.15, 0.2) is 54.6 Å². The fraction of sp³-hybridized carbons (Fsp3) is 0.0476. The molecule has 1 N–H and O–H groups in total. The van der Waals surface area contributed by atoms with Crippen LogP contribution < -0.4 is 15.3 Å². The molecular weight excluding hydrogens is 360 g/mol. The Bertz CT molecular complexity index is 1200. The maximum atomic E-state index is 12.9. The van der Waals surface area contributed by atoms with E-state index in [2.05, 4.69) is 5.32 Å². The van der Waals surface area contributed by atoms with Crippen LogP contribution in [-0.4, -0.2) is 23.7 Å². The molecule has 3 amide bonds. The number of nitrogens with zero attached hydrogens (tertiary/aromatic N) is 1. The minimum absolute atomic E-state index is 0.0198. The van der Waals surface area contributed by atoms with E-state index in [1.165, 1.54) is 19.1 Å². The summed E-state index contributed by atoms with van der Waals surface area (Å²) in [5, 5.41) is 15.3. The van der Waals surface area contributed by atoms with Gasteiger partial charge in [-0.05, 0) is 40.6 Å². The normalized spacial score (nSPS) is 13.0. The third-order valence-electron chi connectivity index (χ3n) is 4.54. The van der Waals surface area contributed by atoms with Crippen LogP contribution in [0.1, 0.15) is 38.0 Å². The highest BCUT2D eigenvalue weighted by molar-refractivity contribution is 6.36. The molecule has 0 radical (unpaired) electrons. The maximum Gasteiger partial charge on any atom is 0.266 e. The van der Waals surface area contributed by atoms with Crippen LogP contribution in [0.4, 0.5) is 11.4 Å². The number of aromatic carboxylic acids is 1. The fourth-order valence-corrected chi connectivity index (χ4v) is 3.29. The van der Waals surface area contributed by atoms with E-state index < -0.39 is 17.8 Å². The quantitative estimate of drug-likeness (QED) is 0.707. The number of carbonyl (C=O) groups is 4. The van der Waals surface area contributed by atoms with Crippen molar-refractivity contribution in [2.75, 3.05) is 10.2 Å². The fourth-order valence-electron chi connectivity index (χ4n) is 3.29. The zero-order chi connectivity index (χ0) is 20.0. The van der Waals surface area contributed by atoms with Crippen LogP contribution in [0, 0.1) is 0 Å². The van der Waals surface area contributed by atoms with E-state index >= 15 is 0 Å². The SMILES string of the molecule is CC(=O)Nc1cc2ccccc2cc1N1C(=O)c2ccc(C(=O)[O-])cc2C1=O. The van der Waals surface area contributed by atoms with Crippen molar-refractivity contribution in [3.63, 3.8) is 0 Å². The first-order valence-corrected chi connectivity index (χ1v) is 8.41. The Hall–Kier alpha value is -4.00. The third kappa shape index (κ3) is 2.69. The molecule has 0 aromatic heterocycles. The Balaban J connectivity index is 1.89. The van der Waals surface area contributed by atoms with E-state index in [1.807, 2.05) is 24.3 Å². The van der Waals surface area contributed by atoms with Crippen LogP contribution in [0.2, 0.25) is 0 Å². The molecule has 0 fully saturated rings. The van der Waals surface area contributed by atoms with E-state index in [4.69, 9.17) is 0 Å². The summed E-state index contributed by atoms with van der Waals surface area (Å²) < 4.78 is 0. The van der Waals surface area contributed by atoms with Gasteiger partial charge in [-0.2, -0.15) is 0 Å². The highest BCUT2D eigenvalue weighted by Crippen LogP contribution is 2.36. The summed E-state index contributed by atoms with van der Waals surface area (Å²) in [4.78, 5) is 49.5. The first-order valence-electron chi connectivity index (χ1n) is 8.41. The molecular formula is C21H13N2O5-. The van der Waals surface area contributed by atoms with Gasteiger partial charge >= 0.3 is 0 Å². The Morgan fingerprint density at radius 2 is 1.54 bits per heavy atom. The van der Waals surface area contributed by atoms with Crippen molar-refractivity contribution in [3.8, 4) is 0 Å². The van der Waals surface area contributed by atoms with Gasteiger partial charge in [0.05, 0.1) is 28.5 Å². The Kier molecular flexibility index (Phi) is 3.93. The largest absolute Gasteiger partial charge is 0.545 e. The van der Waals surface area contributed by atoms with Gasteiger partial charge in [-0.3, -0.25) is 14.4 Å².